The molecule has 1 aliphatic carbocycles. The van der Waals surface area contributed by atoms with Crippen LogP contribution in [0.25, 0.3) is 0 Å². The molecule has 1 heterocycles. The number of methoxy groups -OCH3 is 1. The molecule has 2 aliphatic rings. The number of unbranched alkanes of at least 4 members (excludes halogenated alkanes) is 1. The Labute approximate surface area is 196 Å². The van der Waals surface area contributed by atoms with E-state index in [4.69, 9.17) is 14.2 Å². The van der Waals surface area contributed by atoms with Gasteiger partial charge in [-0.15, -0.1) is 0 Å². The van der Waals surface area contributed by atoms with E-state index in [2.05, 4.69) is 6.92 Å². The van der Waals surface area contributed by atoms with Crippen molar-refractivity contribution in [3.8, 4) is 5.75 Å². The van der Waals surface area contributed by atoms with Gasteiger partial charge in [-0.3, -0.25) is 14.4 Å². The van der Waals surface area contributed by atoms with Crippen molar-refractivity contribution in [3.63, 3.8) is 0 Å². The molecule has 0 N–H and O–H groups in total. The van der Waals surface area contributed by atoms with Crippen LogP contribution in [0, 0.1) is 23.7 Å². The summed E-state index contributed by atoms with van der Waals surface area (Å²) < 4.78 is 15.9. The van der Waals surface area contributed by atoms with Crippen LogP contribution in [0.3, 0.4) is 0 Å². The van der Waals surface area contributed by atoms with Gasteiger partial charge in [0.1, 0.15) is 5.75 Å². The average Bonchev–Trinajstić information content (AvgIpc) is 2.82. The summed E-state index contributed by atoms with van der Waals surface area (Å²) in [6.07, 6.45) is 6.09. The Morgan fingerprint density at radius 1 is 1.03 bits per heavy atom. The highest BCUT2D eigenvalue weighted by atomic mass is 16.5. The van der Waals surface area contributed by atoms with Crippen LogP contribution in [-0.4, -0.2) is 49.6 Å². The predicted molar refractivity (Wildman–Crippen MR) is 123 cm³/mol. The summed E-state index contributed by atoms with van der Waals surface area (Å²) in [5, 5.41) is 0. The maximum atomic E-state index is 13.4. The zero-order valence-corrected chi connectivity index (χ0v) is 20.0. The first-order chi connectivity index (χ1) is 16.0. The molecule has 0 unspecified atom stereocenters. The lowest BCUT2D eigenvalue weighted by Gasteiger charge is -2.52. The summed E-state index contributed by atoms with van der Waals surface area (Å²) in [5.41, 5.74) is 0.991. The number of amides is 1. The van der Waals surface area contributed by atoms with Gasteiger partial charge < -0.3 is 19.1 Å². The molecule has 3 rings (SSSR count). The van der Waals surface area contributed by atoms with Crippen LogP contribution in [0.2, 0.25) is 0 Å². The normalized spacial score (nSPS) is 26.5. The van der Waals surface area contributed by atoms with E-state index in [0.717, 1.165) is 24.2 Å². The molecule has 7 heteroatoms. The molecule has 1 saturated heterocycles. The number of hydrogen-bond donors (Lipinski definition) is 0. The summed E-state index contributed by atoms with van der Waals surface area (Å²) in [7, 11) is 1.62. The monoisotopic (exact) mass is 457 g/mol. The molecule has 1 fully saturated rings. The van der Waals surface area contributed by atoms with Gasteiger partial charge >= 0.3 is 11.9 Å². The van der Waals surface area contributed by atoms with Crippen molar-refractivity contribution < 1.29 is 28.6 Å². The minimum atomic E-state index is -0.753. The van der Waals surface area contributed by atoms with Gasteiger partial charge in [0.25, 0.3) is 0 Å². The third kappa shape index (κ3) is 5.07. The van der Waals surface area contributed by atoms with Gasteiger partial charge in [0.2, 0.25) is 5.91 Å². The van der Waals surface area contributed by atoms with Gasteiger partial charge in [-0.2, -0.15) is 0 Å². The lowest BCUT2D eigenvalue weighted by molar-refractivity contribution is -0.172. The Balaban J connectivity index is 1.98. The Bertz CT molecular complexity index is 864. The molecule has 5 atom stereocenters. The zero-order chi connectivity index (χ0) is 24.0. The molecular formula is C26H35NO6. The van der Waals surface area contributed by atoms with Crippen molar-refractivity contribution in [2.75, 3.05) is 26.9 Å². The summed E-state index contributed by atoms with van der Waals surface area (Å²) >= 11 is 0. The maximum Gasteiger partial charge on any atom is 0.310 e. The van der Waals surface area contributed by atoms with Gasteiger partial charge in [-0.1, -0.05) is 37.6 Å². The van der Waals surface area contributed by atoms with Crippen molar-refractivity contribution in [1.29, 1.82) is 0 Å². The van der Waals surface area contributed by atoms with Gasteiger partial charge in [0.05, 0.1) is 44.1 Å². The van der Waals surface area contributed by atoms with Crippen LogP contribution in [0.15, 0.2) is 36.4 Å². The van der Waals surface area contributed by atoms with Crippen LogP contribution in [-0.2, 0) is 23.9 Å². The van der Waals surface area contributed by atoms with E-state index >= 15 is 0 Å². The van der Waals surface area contributed by atoms with Crippen molar-refractivity contribution in [3.05, 3.63) is 42.0 Å². The molecule has 7 nitrogen and oxygen atoms in total. The van der Waals surface area contributed by atoms with E-state index in [1.807, 2.05) is 41.3 Å². The number of ether oxygens (including phenoxy) is 3. The molecule has 1 aromatic rings. The van der Waals surface area contributed by atoms with E-state index in [-0.39, 0.29) is 25.2 Å². The third-order valence-corrected chi connectivity index (χ3v) is 6.61. The van der Waals surface area contributed by atoms with Gasteiger partial charge in [0, 0.05) is 12.5 Å². The highest BCUT2D eigenvalue weighted by molar-refractivity contribution is 5.89. The van der Waals surface area contributed by atoms with Gasteiger partial charge in [-0.25, -0.2) is 0 Å². The molecule has 33 heavy (non-hydrogen) atoms. The zero-order valence-electron chi connectivity index (χ0n) is 20.0. The number of nitrogens with zero attached hydrogens (tertiary/aromatic N) is 1. The number of allylic oxidation sites excluding steroid dienone is 2. The first-order valence-electron chi connectivity index (χ1n) is 11.9. The molecular weight excluding hydrogens is 422 g/mol. The molecule has 0 spiro atoms. The summed E-state index contributed by atoms with van der Waals surface area (Å²) in [6, 6.07) is 7.53. The summed E-state index contributed by atoms with van der Waals surface area (Å²) in [5.74, 6) is -2.41. The number of carbonyl (C=O) groups is 3. The van der Waals surface area contributed by atoms with Crippen LogP contribution >= 0.6 is 0 Å². The number of rotatable bonds is 10. The smallest absolute Gasteiger partial charge is 0.310 e. The molecule has 1 aromatic carbocycles. The Morgan fingerprint density at radius 3 is 2.30 bits per heavy atom. The third-order valence-electron chi connectivity index (χ3n) is 6.61. The van der Waals surface area contributed by atoms with E-state index in [1.165, 1.54) is 0 Å². The highest BCUT2D eigenvalue weighted by Crippen LogP contribution is 2.50. The lowest BCUT2D eigenvalue weighted by atomic mass is 9.64. The fraction of sp³-hybridized carbons (Fsp3) is 0.577. The summed E-state index contributed by atoms with van der Waals surface area (Å²) in [4.78, 5) is 41.1. The van der Waals surface area contributed by atoms with E-state index < -0.39 is 35.6 Å². The number of likely N-dealkylation sites (tertiary alicyclic amines) is 1. The van der Waals surface area contributed by atoms with Crippen molar-refractivity contribution in [1.82, 2.24) is 4.90 Å². The van der Waals surface area contributed by atoms with Crippen LogP contribution in [0.4, 0.5) is 0 Å². The standard InChI is InChI=1S/C26H35NO6/c1-5-8-16-27-23(17-12-14-18(31-4)15-13-17)22(24(27)28)19-10-9-11-20(25(29)32-6-2)21(19)26(30)33-7-3/h9-10,12-15,19-23H,5-8,11,16H2,1-4H3/t19-,20-,21-,22+,23-/m1/s1. The SMILES string of the molecule is CCCCN1C(=O)[C@@H]([C@@H]2C=CC[C@@H](C(=O)OCC)[C@@H]2C(=O)OCC)[C@H]1c1ccc(OC)cc1. The van der Waals surface area contributed by atoms with E-state index in [0.29, 0.717) is 13.0 Å². The summed E-state index contributed by atoms with van der Waals surface area (Å²) in [6.45, 7) is 6.69. The molecule has 0 aromatic heterocycles. The average molecular weight is 458 g/mol. The predicted octanol–water partition coefficient (Wildman–Crippen LogP) is 3.93. The Hall–Kier alpha value is -2.83. The highest BCUT2D eigenvalue weighted by Gasteiger charge is 2.56. The van der Waals surface area contributed by atoms with Crippen LogP contribution in [0.1, 0.15) is 51.6 Å². The van der Waals surface area contributed by atoms with Crippen LogP contribution in [0.5, 0.6) is 5.75 Å². The van der Waals surface area contributed by atoms with Crippen LogP contribution < -0.4 is 4.74 Å². The van der Waals surface area contributed by atoms with E-state index in [1.54, 1.807) is 21.0 Å². The maximum absolute atomic E-state index is 13.4. The number of hydrogen-bond acceptors (Lipinski definition) is 6. The quantitative estimate of drug-likeness (QED) is 0.301. The minimum Gasteiger partial charge on any atom is -0.497 e. The van der Waals surface area contributed by atoms with Crippen molar-refractivity contribution in [2.24, 2.45) is 23.7 Å². The largest absolute Gasteiger partial charge is 0.497 e. The molecule has 0 saturated carbocycles. The van der Waals surface area contributed by atoms with Crippen molar-refractivity contribution >= 4 is 17.8 Å². The lowest BCUT2D eigenvalue weighted by Crippen LogP contribution is -2.60. The minimum absolute atomic E-state index is 0.0118. The molecule has 0 bridgehead atoms. The number of carbonyl (C=O) groups excluding carboxylic acids is 3. The topological polar surface area (TPSA) is 82.1 Å². The fourth-order valence-corrected chi connectivity index (χ4v) is 5.03. The number of esters is 2. The van der Waals surface area contributed by atoms with Gasteiger partial charge in [-0.05, 0) is 44.4 Å². The molecule has 1 aliphatic heterocycles. The first kappa shape index (κ1) is 24.8. The first-order valence-corrected chi connectivity index (χ1v) is 11.9. The Kier molecular flexibility index (Phi) is 8.53. The van der Waals surface area contributed by atoms with Crippen molar-refractivity contribution in [2.45, 2.75) is 46.1 Å². The number of β-lactam (4-membered cyclic amide) rings is 1. The second-order valence-electron chi connectivity index (χ2n) is 8.51. The van der Waals surface area contributed by atoms with Gasteiger partial charge in [0.15, 0.2) is 0 Å². The molecule has 1 amide bonds. The molecule has 0 radical (unpaired) electrons. The van der Waals surface area contributed by atoms with E-state index in [9.17, 15) is 14.4 Å². The second kappa shape index (κ2) is 11.3. The molecule has 180 valence electrons. The number of benzene rings is 1. The fourth-order valence-electron chi connectivity index (χ4n) is 5.03. The Morgan fingerprint density at radius 2 is 1.70 bits per heavy atom. The second-order valence-corrected chi connectivity index (χ2v) is 8.51.